The zero-order valence-electron chi connectivity index (χ0n) is 12.9. The first-order chi connectivity index (χ1) is 11.0. The van der Waals surface area contributed by atoms with Crippen LogP contribution in [0.25, 0.3) is 0 Å². The standard InChI is InChI=1S/C16H20FN3O3/c1-2-3-8-18-10-4-5-11(12(17)9-10)15(22)19-13-6-7-14(21)20-16(13)23/h4-5,9,13,18H,2-3,6-8H2,1H3,(H,19,22)(H,20,21,23). The molecule has 3 amide bonds. The second-order valence-corrected chi connectivity index (χ2v) is 5.45. The van der Waals surface area contributed by atoms with Gasteiger partial charge in [0.15, 0.2) is 0 Å². The van der Waals surface area contributed by atoms with Crippen molar-refractivity contribution in [2.24, 2.45) is 0 Å². The molecule has 1 heterocycles. The molecule has 7 heteroatoms. The summed E-state index contributed by atoms with van der Waals surface area (Å²) in [5, 5.41) is 7.67. The van der Waals surface area contributed by atoms with E-state index in [9.17, 15) is 18.8 Å². The number of benzene rings is 1. The summed E-state index contributed by atoms with van der Waals surface area (Å²) in [4.78, 5) is 34.8. The number of amides is 3. The third kappa shape index (κ3) is 4.51. The molecule has 23 heavy (non-hydrogen) atoms. The lowest BCUT2D eigenvalue weighted by Crippen LogP contribution is -2.52. The number of nitrogens with one attached hydrogen (secondary N) is 3. The van der Waals surface area contributed by atoms with Crippen molar-refractivity contribution in [3.05, 3.63) is 29.6 Å². The maximum Gasteiger partial charge on any atom is 0.254 e. The summed E-state index contributed by atoms with van der Waals surface area (Å²) in [6, 6.07) is 3.44. The van der Waals surface area contributed by atoms with Crippen molar-refractivity contribution in [2.75, 3.05) is 11.9 Å². The Kier molecular flexibility index (Phi) is 5.67. The van der Waals surface area contributed by atoms with E-state index in [1.165, 1.54) is 12.1 Å². The number of rotatable bonds is 6. The van der Waals surface area contributed by atoms with Crippen molar-refractivity contribution < 1.29 is 18.8 Å². The predicted molar refractivity (Wildman–Crippen MR) is 83.4 cm³/mol. The smallest absolute Gasteiger partial charge is 0.254 e. The molecule has 0 aliphatic carbocycles. The molecule has 0 bridgehead atoms. The zero-order chi connectivity index (χ0) is 16.8. The Morgan fingerprint density at radius 3 is 2.83 bits per heavy atom. The number of piperidine rings is 1. The van der Waals surface area contributed by atoms with E-state index in [4.69, 9.17) is 0 Å². The number of hydrogen-bond donors (Lipinski definition) is 3. The molecule has 0 spiro atoms. The van der Waals surface area contributed by atoms with Crippen molar-refractivity contribution in [3.8, 4) is 0 Å². The number of unbranched alkanes of at least 4 members (excludes halogenated alkanes) is 1. The normalized spacial score (nSPS) is 17.6. The minimum atomic E-state index is -0.818. The molecule has 0 saturated carbocycles. The van der Waals surface area contributed by atoms with E-state index < -0.39 is 23.7 Å². The van der Waals surface area contributed by atoms with E-state index in [0.717, 1.165) is 19.4 Å². The fraction of sp³-hybridized carbons (Fsp3) is 0.438. The fourth-order valence-corrected chi connectivity index (χ4v) is 2.29. The maximum atomic E-state index is 14.1. The molecule has 124 valence electrons. The van der Waals surface area contributed by atoms with Gasteiger partial charge in [-0.3, -0.25) is 19.7 Å². The van der Waals surface area contributed by atoms with Crippen molar-refractivity contribution >= 4 is 23.4 Å². The number of carbonyl (C=O) groups is 3. The van der Waals surface area contributed by atoms with Gasteiger partial charge in [0.1, 0.15) is 11.9 Å². The third-order valence-corrected chi connectivity index (χ3v) is 3.62. The van der Waals surface area contributed by atoms with Crippen LogP contribution < -0.4 is 16.0 Å². The van der Waals surface area contributed by atoms with Crippen LogP contribution in [-0.2, 0) is 9.59 Å². The first-order valence-corrected chi connectivity index (χ1v) is 7.69. The lowest BCUT2D eigenvalue weighted by Gasteiger charge is -2.21. The molecule has 1 unspecified atom stereocenters. The second-order valence-electron chi connectivity index (χ2n) is 5.45. The fourth-order valence-electron chi connectivity index (χ4n) is 2.29. The molecule has 2 rings (SSSR count). The van der Waals surface area contributed by atoms with Gasteiger partial charge in [0.25, 0.3) is 5.91 Å². The topological polar surface area (TPSA) is 87.3 Å². The Morgan fingerprint density at radius 2 is 2.17 bits per heavy atom. The molecular weight excluding hydrogens is 301 g/mol. The van der Waals surface area contributed by atoms with E-state index in [1.54, 1.807) is 6.07 Å². The van der Waals surface area contributed by atoms with Crippen LogP contribution in [0.15, 0.2) is 18.2 Å². The Balaban J connectivity index is 1.99. The molecular formula is C16H20FN3O3. The van der Waals surface area contributed by atoms with Crippen molar-refractivity contribution in [1.29, 1.82) is 0 Å². The minimum Gasteiger partial charge on any atom is -0.385 e. The lowest BCUT2D eigenvalue weighted by molar-refractivity contribution is -0.134. The van der Waals surface area contributed by atoms with Crippen molar-refractivity contribution in [2.45, 2.75) is 38.6 Å². The highest BCUT2D eigenvalue weighted by Crippen LogP contribution is 2.15. The van der Waals surface area contributed by atoms with Gasteiger partial charge in [0.05, 0.1) is 5.56 Å². The lowest BCUT2D eigenvalue weighted by atomic mass is 10.1. The Morgan fingerprint density at radius 1 is 1.39 bits per heavy atom. The van der Waals surface area contributed by atoms with Gasteiger partial charge in [-0.2, -0.15) is 0 Å². The van der Waals surface area contributed by atoms with Crippen LogP contribution in [0.5, 0.6) is 0 Å². The first-order valence-electron chi connectivity index (χ1n) is 7.69. The van der Waals surface area contributed by atoms with Crippen LogP contribution in [0.3, 0.4) is 0 Å². The number of carbonyl (C=O) groups excluding carboxylic acids is 3. The summed E-state index contributed by atoms with van der Waals surface area (Å²) in [6.45, 7) is 2.79. The van der Waals surface area contributed by atoms with Crippen molar-refractivity contribution in [3.63, 3.8) is 0 Å². The van der Waals surface area contributed by atoms with Gasteiger partial charge in [0.2, 0.25) is 11.8 Å². The molecule has 6 nitrogen and oxygen atoms in total. The van der Waals surface area contributed by atoms with E-state index in [1.807, 2.05) is 0 Å². The largest absolute Gasteiger partial charge is 0.385 e. The number of hydrogen-bond acceptors (Lipinski definition) is 4. The quantitative estimate of drug-likeness (QED) is 0.548. The average Bonchev–Trinajstić information content (AvgIpc) is 2.50. The predicted octanol–water partition coefficient (Wildman–Crippen LogP) is 1.57. The molecule has 1 saturated heterocycles. The molecule has 1 aliphatic rings. The van der Waals surface area contributed by atoms with Gasteiger partial charge in [-0.15, -0.1) is 0 Å². The van der Waals surface area contributed by atoms with Crippen LogP contribution in [0.2, 0.25) is 0 Å². The summed E-state index contributed by atoms with van der Waals surface area (Å²) in [6.07, 6.45) is 2.37. The summed E-state index contributed by atoms with van der Waals surface area (Å²) in [5.41, 5.74) is 0.476. The first kappa shape index (κ1) is 16.9. The zero-order valence-corrected chi connectivity index (χ0v) is 12.9. The highest BCUT2D eigenvalue weighted by atomic mass is 19.1. The maximum absolute atomic E-state index is 14.1. The van der Waals surface area contributed by atoms with E-state index >= 15 is 0 Å². The van der Waals surface area contributed by atoms with Crippen molar-refractivity contribution in [1.82, 2.24) is 10.6 Å². The molecule has 1 aromatic carbocycles. The van der Waals surface area contributed by atoms with E-state index in [2.05, 4.69) is 22.9 Å². The van der Waals surface area contributed by atoms with Gasteiger partial charge in [-0.05, 0) is 31.0 Å². The molecule has 1 atom stereocenters. The highest BCUT2D eigenvalue weighted by molar-refractivity contribution is 6.03. The molecule has 1 aromatic rings. The summed E-state index contributed by atoms with van der Waals surface area (Å²) in [7, 11) is 0. The minimum absolute atomic E-state index is 0.129. The average molecular weight is 321 g/mol. The van der Waals surface area contributed by atoms with Crippen LogP contribution >= 0.6 is 0 Å². The van der Waals surface area contributed by atoms with E-state index in [-0.39, 0.29) is 24.3 Å². The molecule has 3 N–H and O–H groups in total. The van der Waals surface area contributed by atoms with Crippen LogP contribution in [0.1, 0.15) is 43.0 Å². The Bertz CT molecular complexity index is 619. The van der Waals surface area contributed by atoms with Crippen LogP contribution in [0.4, 0.5) is 10.1 Å². The van der Waals surface area contributed by atoms with Crippen LogP contribution in [-0.4, -0.2) is 30.3 Å². The van der Waals surface area contributed by atoms with Gasteiger partial charge in [-0.1, -0.05) is 13.3 Å². The van der Waals surface area contributed by atoms with Gasteiger partial charge >= 0.3 is 0 Å². The summed E-state index contributed by atoms with van der Waals surface area (Å²) >= 11 is 0. The molecule has 1 fully saturated rings. The third-order valence-electron chi connectivity index (χ3n) is 3.62. The monoisotopic (exact) mass is 321 g/mol. The number of imide groups is 1. The van der Waals surface area contributed by atoms with Gasteiger partial charge < -0.3 is 10.6 Å². The number of halogens is 1. The number of anilines is 1. The summed E-state index contributed by atoms with van der Waals surface area (Å²) < 4.78 is 14.1. The highest BCUT2D eigenvalue weighted by Gasteiger charge is 2.28. The Labute approximate surface area is 133 Å². The molecule has 0 aromatic heterocycles. The van der Waals surface area contributed by atoms with E-state index in [0.29, 0.717) is 5.69 Å². The Hall–Kier alpha value is -2.44. The molecule has 1 aliphatic heterocycles. The van der Waals surface area contributed by atoms with Gasteiger partial charge in [0, 0.05) is 18.7 Å². The SMILES string of the molecule is CCCCNc1ccc(C(=O)NC2CCC(=O)NC2=O)c(F)c1. The second kappa shape index (κ2) is 7.71. The van der Waals surface area contributed by atoms with Gasteiger partial charge in [-0.25, -0.2) is 4.39 Å². The summed E-state index contributed by atoms with van der Waals surface area (Å²) in [5.74, 6) is -2.25. The molecule has 0 radical (unpaired) electrons. The van der Waals surface area contributed by atoms with Crippen LogP contribution in [0, 0.1) is 5.82 Å².